The van der Waals surface area contributed by atoms with Gasteiger partial charge in [0, 0.05) is 12.2 Å². The van der Waals surface area contributed by atoms with Crippen LogP contribution in [0.5, 0.6) is 0 Å². The van der Waals surface area contributed by atoms with Crippen LogP contribution in [0.4, 0.5) is 0 Å². The van der Waals surface area contributed by atoms with Crippen LogP contribution >= 0.6 is 0 Å². The van der Waals surface area contributed by atoms with E-state index in [9.17, 15) is 9.59 Å². The molecule has 0 aliphatic heterocycles. The predicted octanol–water partition coefficient (Wildman–Crippen LogP) is 2.94. The van der Waals surface area contributed by atoms with E-state index in [-0.39, 0.29) is 12.1 Å². The van der Waals surface area contributed by atoms with E-state index in [0.29, 0.717) is 5.92 Å². The van der Waals surface area contributed by atoms with E-state index in [1.807, 2.05) is 0 Å². The van der Waals surface area contributed by atoms with Crippen molar-refractivity contribution in [3.8, 4) is 0 Å². The van der Waals surface area contributed by atoms with E-state index in [2.05, 4.69) is 20.1 Å². The Labute approximate surface area is 108 Å². The van der Waals surface area contributed by atoms with Gasteiger partial charge >= 0.3 is 11.9 Å². The minimum atomic E-state index is -0.981. The van der Waals surface area contributed by atoms with Crippen LogP contribution in [0.25, 0.3) is 0 Å². The van der Waals surface area contributed by atoms with E-state index < -0.39 is 5.97 Å². The smallest absolute Gasteiger partial charge is 0.330 e. The van der Waals surface area contributed by atoms with Crippen LogP contribution in [0.1, 0.15) is 39.0 Å². The highest BCUT2D eigenvalue weighted by atomic mass is 16.5. The second kappa shape index (κ2) is 9.45. The number of hydrogen-bond donors (Lipinski definition) is 1. The number of carbonyl (C=O) groups excluding carboxylic acids is 1. The molecule has 2 unspecified atom stereocenters. The molecule has 4 heteroatoms. The van der Waals surface area contributed by atoms with Crippen LogP contribution in [-0.4, -0.2) is 23.1 Å². The Kier molecular flexibility index (Phi) is 8.62. The van der Waals surface area contributed by atoms with E-state index in [0.717, 1.165) is 18.9 Å². The number of carboxylic acids is 1. The number of aliphatic carboxylic acids is 1. The quantitative estimate of drug-likeness (QED) is 0.619. The Bertz CT molecular complexity index is 296. The Hall–Kier alpha value is -1.58. The molecule has 0 aromatic carbocycles. The van der Waals surface area contributed by atoms with Gasteiger partial charge in [0.15, 0.2) is 0 Å². The summed E-state index contributed by atoms with van der Waals surface area (Å²) >= 11 is 0. The van der Waals surface area contributed by atoms with Crippen molar-refractivity contribution in [2.24, 2.45) is 5.92 Å². The highest BCUT2D eigenvalue weighted by molar-refractivity contribution is 5.81. The molecule has 2 atom stereocenters. The first kappa shape index (κ1) is 16.4. The third kappa shape index (κ3) is 6.89. The topological polar surface area (TPSA) is 63.6 Å². The summed E-state index contributed by atoms with van der Waals surface area (Å²) in [6.45, 7) is 8.52. The number of carboxylic acid groups (broad SMARTS) is 1. The lowest BCUT2D eigenvalue weighted by atomic mass is 9.85. The maximum atomic E-state index is 11.0. The molecule has 18 heavy (non-hydrogen) atoms. The lowest BCUT2D eigenvalue weighted by molar-refractivity contribution is -0.147. The molecular formula is C14H22O4. The fraction of sp³-hybridized carbons (Fsp3) is 0.571. The zero-order chi connectivity index (χ0) is 14.0. The van der Waals surface area contributed by atoms with Crippen molar-refractivity contribution in [3.05, 3.63) is 25.3 Å². The lowest BCUT2D eigenvalue weighted by Crippen LogP contribution is -2.29. The summed E-state index contributed by atoms with van der Waals surface area (Å²) in [4.78, 5) is 20.3. The maximum Gasteiger partial charge on any atom is 0.330 e. The number of hydrogen-bond acceptors (Lipinski definition) is 3. The Balaban J connectivity index is 0.000000494. The molecule has 0 bridgehead atoms. The van der Waals surface area contributed by atoms with Gasteiger partial charge in [0.25, 0.3) is 0 Å². The SMILES string of the molecule is C=CC(=O)O.C=CC(=O)OC1CCCCC1CC. The fourth-order valence-electron chi connectivity index (χ4n) is 1.99. The Morgan fingerprint density at radius 2 is 1.83 bits per heavy atom. The summed E-state index contributed by atoms with van der Waals surface area (Å²) < 4.78 is 5.29. The molecule has 1 N–H and O–H groups in total. The van der Waals surface area contributed by atoms with Gasteiger partial charge in [0.1, 0.15) is 6.10 Å². The third-order valence-electron chi connectivity index (χ3n) is 2.97. The Morgan fingerprint density at radius 1 is 1.28 bits per heavy atom. The van der Waals surface area contributed by atoms with Crippen molar-refractivity contribution >= 4 is 11.9 Å². The number of ether oxygens (including phenoxy) is 1. The first-order valence-electron chi connectivity index (χ1n) is 6.23. The van der Waals surface area contributed by atoms with Gasteiger partial charge in [-0.1, -0.05) is 26.5 Å². The molecule has 0 amide bonds. The zero-order valence-electron chi connectivity index (χ0n) is 10.9. The van der Waals surface area contributed by atoms with E-state index in [1.54, 1.807) is 0 Å². The minimum Gasteiger partial charge on any atom is -0.478 e. The van der Waals surface area contributed by atoms with Gasteiger partial charge in [-0.3, -0.25) is 0 Å². The maximum absolute atomic E-state index is 11.0. The lowest BCUT2D eigenvalue weighted by Gasteiger charge is -2.29. The second-order valence-electron chi connectivity index (χ2n) is 4.17. The summed E-state index contributed by atoms with van der Waals surface area (Å²) in [5, 5.41) is 7.60. The van der Waals surface area contributed by atoms with Crippen LogP contribution < -0.4 is 0 Å². The molecule has 0 aromatic rings. The van der Waals surface area contributed by atoms with Crippen molar-refractivity contribution < 1.29 is 19.4 Å². The van der Waals surface area contributed by atoms with Crippen LogP contribution in [0.15, 0.2) is 25.3 Å². The van der Waals surface area contributed by atoms with Gasteiger partial charge in [0.2, 0.25) is 0 Å². The van der Waals surface area contributed by atoms with E-state index >= 15 is 0 Å². The molecule has 0 saturated heterocycles. The predicted molar refractivity (Wildman–Crippen MR) is 70.2 cm³/mol. The van der Waals surface area contributed by atoms with Gasteiger partial charge in [-0.25, -0.2) is 9.59 Å². The number of rotatable bonds is 4. The molecule has 0 spiro atoms. The monoisotopic (exact) mass is 254 g/mol. The first-order chi connectivity index (χ1) is 8.54. The highest BCUT2D eigenvalue weighted by Gasteiger charge is 2.25. The molecule has 1 fully saturated rings. The normalized spacial score (nSPS) is 22.1. The third-order valence-corrected chi connectivity index (χ3v) is 2.97. The van der Waals surface area contributed by atoms with Crippen molar-refractivity contribution in [3.63, 3.8) is 0 Å². The van der Waals surface area contributed by atoms with Crippen LogP contribution in [0, 0.1) is 5.92 Å². The molecule has 102 valence electrons. The van der Waals surface area contributed by atoms with Crippen LogP contribution in [0.2, 0.25) is 0 Å². The average molecular weight is 254 g/mol. The zero-order valence-corrected chi connectivity index (χ0v) is 10.9. The second-order valence-corrected chi connectivity index (χ2v) is 4.17. The first-order valence-corrected chi connectivity index (χ1v) is 6.23. The molecule has 1 aliphatic rings. The summed E-state index contributed by atoms with van der Waals surface area (Å²) in [5.41, 5.74) is 0. The minimum absolute atomic E-state index is 0.143. The van der Waals surface area contributed by atoms with Crippen LogP contribution in [0.3, 0.4) is 0 Å². The summed E-state index contributed by atoms with van der Waals surface area (Å²) in [6, 6.07) is 0. The van der Waals surface area contributed by atoms with Crippen molar-refractivity contribution in [1.82, 2.24) is 0 Å². The van der Waals surface area contributed by atoms with Crippen molar-refractivity contribution in [1.29, 1.82) is 0 Å². The Morgan fingerprint density at radius 3 is 2.28 bits per heavy atom. The summed E-state index contributed by atoms with van der Waals surface area (Å²) in [5.74, 6) is -0.687. The van der Waals surface area contributed by atoms with Crippen molar-refractivity contribution in [2.45, 2.75) is 45.1 Å². The van der Waals surface area contributed by atoms with Gasteiger partial charge in [0.05, 0.1) is 0 Å². The van der Waals surface area contributed by atoms with Crippen molar-refractivity contribution in [2.75, 3.05) is 0 Å². The van der Waals surface area contributed by atoms with Gasteiger partial charge in [-0.15, -0.1) is 0 Å². The standard InChI is InChI=1S/C11H18O2.C3H4O2/c1-3-9-7-5-6-8-10(9)13-11(12)4-2;1-2-3(4)5/h4,9-10H,2-3,5-8H2,1H3;2H,1H2,(H,4,5). The fourth-order valence-corrected chi connectivity index (χ4v) is 1.99. The van der Waals surface area contributed by atoms with Gasteiger partial charge in [-0.2, -0.15) is 0 Å². The van der Waals surface area contributed by atoms with Gasteiger partial charge in [-0.05, 0) is 31.6 Å². The summed E-state index contributed by atoms with van der Waals surface area (Å²) in [6.07, 6.45) is 8.02. The molecular weight excluding hydrogens is 232 g/mol. The average Bonchev–Trinajstić information content (AvgIpc) is 2.39. The number of esters is 1. The molecule has 1 rings (SSSR count). The molecule has 1 aliphatic carbocycles. The largest absolute Gasteiger partial charge is 0.478 e. The highest BCUT2D eigenvalue weighted by Crippen LogP contribution is 2.29. The molecule has 1 saturated carbocycles. The number of carbonyl (C=O) groups is 2. The molecule has 0 heterocycles. The molecule has 4 nitrogen and oxygen atoms in total. The van der Waals surface area contributed by atoms with Crippen LogP contribution in [-0.2, 0) is 14.3 Å². The van der Waals surface area contributed by atoms with E-state index in [1.165, 1.54) is 25.3 Å². The van der Waals surface area contributed by atoms with Gasteiger partial charge < -0.3 is 9.84 Å². The molecule has 0 radical (unpaired) electrons. The van der Waals surface area contributed by atoms with E-state index in [4.69, 9.17) is 9.84 Å². The summed E-state index contributed by atoms with van der Waals surface area (Å²) in [7, 11) is 0. The molecule has 0 aromatic heterocycles.